The van der Waals surface area contributed by atoms with Gasteiger partial charge in [0.2, 0.25) is 0 Å². The van der Waals surface area contributed by atoms with E-state index in [0.717, 1.165) is 30.6 Å². The highest BCUT2D eigenvalue weighted by Gasteiger charge is 2.42. The summed E-state index contributed by atoms with van der Waals surface area (Å²) in [7, 11) is 0. The third-order valence-electron chi connectivity index (χ3n) is 6.25. The molecular weight excluding hydrogens is 244 g/mol. The van der Waals surface area contributed by atoms with Crippen molar-refractivity contribution in [1.29, 1.82) is 0 Å². The Kier molecular flexibility index (Phi) is 4.89. The van der Waals surface area contributed by atoms with E-state index in [9.17, 15) is 5.11 Å². The summed E-state index contributed by atoms with van der Waals surface area (Å²) in [5.41, 5.74) is 0.0430. The average Bonchev–Trinajstić information content (AvgIpc) is 2.50. The summed E-state index contributed by atoms with van der Waals surface area (Å²) in [6, 6.07) is 0. The first kappa shape index (κ1) is 16.3. The zero-order valence-electron chi connectivity index (χ0n) is 14.4. The van der Waals surface area contributed by atoms with Crippen LogP contribution in [0.5, 0.6) is 0 Å². The molecule has 1 nitrogen and oxygen atoms in total. The van der Waals surface area contributed by atoms with Crippen molar-refractivity contribution >= 4 is 0 Å². The highest BCUT2D eigenvalue weighted by molar-refractivity contribution is 4.94. The SMILES string of the molecule is CC1CC(C)CC(C2(O)CCCC(C(C)(C)C)CC2)C1. The molecule has 0 aromatic rings. The molecule has 4 atom stereocenters. The standard InChI is InChI=1S/C19H36O/c1-14-11-15(2)13-17(12-14)19(20)9-6-7-16(8-10-19)18(3,4)5/h14-17,20H,6-13H2,1-5H3. The van der Waals surface area contributed by atoms with Crippen LogP contribution in [0, 0.1) is 29.1 Å². The largest absolute Gasteiger partial charge is 0.390 e. The lowest BCUT2D eigenvalue weighted by atomic mass is 9.67. The van der Waals surface area contributed by atoms with Crippen LogP contribution in [-0.2, 0) is 0 Å². The van der Waals surface area contributed by atoms with Gasteiger partial charge in [-0.3, -0.25) is 0 Å². The van der Waals surface area contributed by atoms with E-state index >= 15 is 0 Å². The van der Waals surface area contributed by atoms with Crippen molar-refractivity contribution in [3.63, 3.8) is 0 Å². The van der Waals surface area contributed by atoms with E-state index in [1.54, 1.807) is 0 Å². The number of hydrogen-bond donors (Lipinski definition) is 1. The molecule has 0 bridgehead atoms. The molecule has 0 amide bonds. The van der Waals surface area contributed by atoms with Crippen molar-refractivity contribution in [2.75, 3.05) is 0 Å². The maximum Gasteiger partial charge on any atom is 0.0676 e. The quantitative estimate of drug-likeness (QED) is 0.636. The highest BCUT2D eigenvalue weighted by atomic mass is 16.3. The second-order valence-corrected chi connectivity index (χ2v) is 9.21. The fraction of sp³-hybridized carbons (Fsp3) is 1.00. The summed E-state index contributed by atoms with van der Waals surface area (Å²) >= 11 is 0. The van der Waals surface area contributed by atoms with E-state index in [2.05, 4.69) is 34.6 Å². The van der Waals surface area contributed by atoms with Crippen molar-refractivity contribution in [3.8, 4) is 0 Å². The maximum atomic E-state index is 11.3. The summed E-state index contributed by atoms with van der Waals surface area (Å²) in [5.74, 6) is 2.94. The Morgan fingerprint density at radius 3 is 2.05 bits per heavy atom. The minimum Gasteiger partial charge on any atom is -0.390 e. The fourth-order valence-electron chi connectivity index (χ4n) is 5.01. The Morgan fingerprint density at radius 2 is 1.50 bits per heavy atom. The van der Waals surface area contributed by atoms with Gasteiger partial charge in [0, 0.05) is 0 Å². The second-order valence-electron chi connectivity index (χ2n) is 9.21. The summed E-state index contributed by atoms with van der Waals surface area (Å²) in [6.07, 6.45) is 9.70. The minimum atomic E-state index is -0.358. The second kappa shape index (κ2) is 5.99. The van der Waals surface area contributed by atoms with Gasteiger partial charge >= 0.3 is 0 Å². The van der Waals surface area contributed by atoms with Crippen LogP contribution in [0.25, 0.3) is 0 Å². The average molecular weight is 280 g/mol. The molecule has 2 rings (SSSR count). The van der Waals surface area contributed by atoms with Gasteiger partial charge in [-0.1, -0.05) is 41.0 Å². The van der Waals surface area contributed by atoms with Gasteiger partial charge in [-0.25, -0.2) is 0 Å². The van der Waals surface area contributed by atoms with Gasteiger partial charge in [-0.15, -0.1) is 0 Å². The first-order chi connectivity index (χ1) is 9.21. The molecular formula is C19H36O. The van der Waals surface area contributed by atoms with Gasteiger partial charge in [-0.05, 0) is 74.0 Å². The number of hydrogen-bond acceptors (Lipinski definition) is 1. The molecule has 2 aliphatic rings. The van der Waals surface area contributed by atoms with Crippen LogP contribution in [0.4, 0.5) is 0 Å². The smallest absolute Gasteiger partial charge is 0.0676 e. The van der Waals surface area contributed by atoms with E-state index in [1.807, 2.05) is 0 Å². The van der Waals surface area contributed by atoms with Crippen LogP contribution in [0.1, 0.15) is 86.0 Å². The van der Waals surface area contributed by atoms with Crippen LogP contribution < -0.4 is 0 Å². The van der Waals surface area contributed by atoms with Crippen LogP contribution in [0.15, 0.2) is 0 Å². The Morgan fingerprint density at radius 1 is 0.900 bits per heavy atom. The highest BCUT2D eigenvalue weighted by Crippen LogP contribution is 2.47. The first-order valence-corrected chi connectivity index (χ1v) is 8.93. The Balaban J connectivity index is 2.03. The van der Waals surface area contributed by atoms with Crippen molar-refractivity contribution in [2.24, 2.45) is 29.1 Å². The monoisotopic (exact) mass is 280 g/mol. The van der Waals surface area contributed by atoms with Gasteiger partial charge < -0.3 is 5.11 Å². The van der Waals surface area contributed by atoms with Crippen molar-refractivity contribution < 1.29 is 5.11 Å². The number of rotatable bonds is 1. The van der Waals surface area contributed by atoms with Crippen LogP contribution in [-0.4, -0.2) is 10.7 Å². The van der Waals surface area contributed by atoms with E-state index in [4.69, 9.17) is 0 Å². The summed E-state index contributed by atoms with van der Waals surface area (Å²) in [4.78, 5) is 0. The molecule has 0 heterocycles. The van der Waals surface area contributed by atoms with Crippen molar-refractivity contribution in [3.05, 3.63) is 0 Å². The van der Waals surface area contributed by atoms with E-state index < -0.39 is 0 Å². The molecule has 2 aliphatic carbocycles. The maximum absolute atomic E-state index is 11.3. The summed E-state index contributed by atoms with van der Waals surface area (Å²) in [6.45, 7) is 11.9. The Hall–Kier alpha value is -0.0400. The van der Waals surface area contributed by atoms with Crippen LogP contribution in [0.2, 0.25) is 0 Å². The molecule has 0 aliphatic heterocycles. The first-order valence-electron chi connectivity index (χ1n) is 8.93. The molecule has 2 saturated carbocycles. The molecule has 20 heavy (non-hydrogen) atoms. The van der Waals surface area contributed by atoms with E-state index in [0.29, 0.717) is 11.3 Å². The molecule has 0 aromatic heterocycles. The molecule has 0 radical (unpaired) electrons. The predicted molar refractivity (Wildman–Crippen MR) is 86.6 cm³/mol. The lowest BCUT2D eigenvalue weighted by Crippen LogP contribution is -2.41. The van der Waals surface area contributed by atoms with Gasteiger partial charge in [0.15, 0.2) is 0 Å². The van der Waals surface area contributed by atoms with Gasteiger partial charge in [0.1, 0.15) is 0 Å². The third-order valence-corrected chi connectivity index (χ3v) is 6.25. The Labute approximate surface area is 126 Å². The molecule has 1 N–H and O–H groups in total. The topological polar surface area (TPSA) is 20.2 Å². The van der Waals surface area contributed by atoms with Crippen LogP contribution in [0.3, 0.4) is 0 Å². The Bertz CT molecular complexity index is 306. The summed E-state index contributed by atoms with van der Waals surface area (Å²) in [5, 5.41) is 11.3. The molecule has 0 spiro atoms. The van der Waals surface area contributed by atoms with Gasteiger partial charge in [-0.2, -0.15) is 0 Å². The summed E-state index contributed by atoms with van der Waals surface area (Å²) < 4.78 is 0. The lowest BCUT2D eigenvalue weighted by molar-refractivity contribution is -0.0610. The molecule has 2 fully saturated rings. The zero-order valence-corrected chi connectivity index (χ0v) is 14.4. The molecule has 118 valence electrons. The predicted octanol–water partition coefficient (Wildman–Crippen LogP) is 5.42. The molecule has 4 unspecified atom stereocenters. The molecule has 1 heteroatoms. The van der Waals surface area contributed by atoms with E-state index in [1.165, 1.54) is 38.5 Å². The normalized spacial score (nSPS) is 44.1. The minimum absolute atomic E-state index is 0.358. The lowest BCUT2D eigenvalue weighted by Gasteiger charge is -2.42. The van der Waals surface area contributed by atoms with Crippen molar-refractivity contribution in [1.82, 2.24) is 0 Å². The number of aliphatic hydroxyl groups is 1. The fourth-order valence-corrected chi connectivity index (χ4v) is 5.01. The van der Waals surface area contributed by atoms with E-state index in [-0.39, 0.29) is 5.60 Å². The van der Waals surface area contributed by atoms with Crippen LogP contribution >= 0.6 is 0 Å². The van der Waals surface area contributed by atoms with Gasteiger partial charge in [0.25, 0.3) is 0 Å². The molecule has 0 aromatic carbocycles. The van der Waals surface area contributed by atoms with Crippen molar-refractivity contribution in [2.45, 2.75) is 91.6 Å². The third kappa shape index (κ3) is 3.78. The zero-order chi connectivity index (χ0) is 15.0. The molecule has 0 saturated heterocycles. The van der Waals surface area contributed by atoms with Gasteiger partial charge in [0.05, 0.1) is 5.60 Å².